The van der Waals surface area contributed by atoms with Crippen LogP contribution >= 0.6 is 0 Å². The van der Waals surface area contributed by atoms with Crippen molar-refractivity contribution in [3.05, 3.63) is 30.1 Å². The lowest BCUT2D eigenvalue weighted by Crippen LogP contribution is -2.40. The predicted octanol–water partition coefficient (Wildman–Crippen LogP) is 2.36. The molecule has 2 aliphatic rings. The third-order valence-electron chi connectivity index (χ3n) is 4.28. The van der Waals surface area contributed by atoms with Crippen LogP contribution in [0.3, 0.4) is 0 Å². The minimum Gasteiger partial charge on any atom is -0.375 e. The van der Waals surface area contributed by atoms with Crippen LogP contribution in [0, 0.1) is 11.8 Å². The van der Waals surface area contributed by atoms with Crippen LogP contribution in [0.2, 0.25) is 0 Å². The molecule has 4 heteroatoms. The van der Waals surface area contributed by atoms with Crippen molar-refractivity contribution in [3.8, 4) is 0 Å². The summed E-state index contributed by atoms with van der Waals surface area (Å²) in [5, 5.41) is 0. The first kappa shape index (κ1) is 13.6. The van der Waals surface area contributed by atoms with Crippen LogP contribution in [0.15, 0.2) is 24.4 Å². The van der Waals surface area contributed by atoms with Gasteiger partial charge in [-0.3, -0.25) is 9.78 Å². The molecule has 1 aliphatic heterocycles. The topological polar surface area (TPSA) is 42.4 Å². The minimum absolute atomic E-state index is 0.0518. The molecule has 108 valence electrons. The fraction of sp³-hybridized carbons (Fsp3) is 0.625. The number of carbonyl (C=O) groups is 1. The lowest BCUT2D eigenvalue weighted by atomic mass is 10.1. The molecule has 20 heavy (non-hydrogen) atoms. The van der Waals surface area contributed by atoms with Crippen LogP contribution in [0.5, 0.6) is 0 Å². The van der Waals surface area contributed by atoms with Gasteiger partial charge in [-0.2, -0.15) is 0 Å². The van der Waals surface area contributed by atoms with E-state index in [-0.39, 0.29) is 18.1 Å². The van der Waals surface area contributed by atoms with Crippen LogP contribution in [-0.4, -0.2) is 41.1 Å². The van der Waals surface area contributed by atoms with Crippen LogP contribution in [0.4, 0.5) is 0 Å². The Labute approximate surface area is 120 Å². The zero-order valence-corrected chi connectivity index (χ0v) is 12.2. The number of amides is 1. The van der Waals surface area contributed by atoms with Crippen molar-refractivity contribution in [2.75, 3.05) is 13.2 Å². The molecule has 0 spiro atoms. The number of hydrogen-bond donors (Lipinski definition) is 0. The van der Waals surface area contributed by atoms with E-state index in [4.69, 9.17) is 4.74 Å². The normalized spacial score (nSPS) is 28.4. The molecule has 1 saturated heterocycles. The van der Waals surface area contributed by atoms with Gasteiger partial charge < -0.3 is 9.64 Å². The highest BCUT2D eigenvalue weighted by Gasteiger charge is 2.49. The Morgan fingerprint density at radius 2 is 2.30 bits per heavy atom. The number of hydrogen-bond acceptors (Lipinski definition) is 3. The molecule has 4 nitrogen and oxygen atoms in total. The second-order valence-corrected chi connectivity index (χ2v) is 6.27. The first-order valence-corrected chi connectivity index (χ1v) is 7.50. The van der Waals surface area contributed by atoms with E-state index < -0.39 is 0 Å². The van der Waals surface area contributed by atoms with E-state index in [1.165, 1.54) is 6.42 Å². The van der Waals surface area contributed by atoms with E-state index in [2.05, 4.69) is 18.8 Å². The molecule has 3 atom stereocenters. The summed E-state index contributed by atoms with van der Waals surface area (Å²) in [4.78, 5) is 18.7. The van der Waals surface area contributed by atoms with Crippen LogP contribution in [-0.2, 0) is 4.74 Å². The summed E-state index contributed by atoms with van der Waals surface area (Å²) < 4.78 is 6.05. The number of rotatable bonds is 4. The average Bonchev–Trinajstić information content (AvgIpc) is 3.02. The second-order valence-electron chi connectivity index (χ2n) is 6.27. The maximum Gasteiger partial charge on any atom is 0.272 e. The first-order valence-electron chi connectivity index (χ1n) is 7.50. The molecule has 0 N–H and O–H groups in total. The summed E-state index contributed by atoms with van der Waals surface area (Å²) in [6.45, 7) is 5.92. The molecular weight excluding hydrogens is 252 g/mol. The zero-order chi connectivity index (χ0) is 14.1. The zero-order valence-electron chi connectivity index (χ0n) is 12.2. The van der Waals surface area contributed by atoms with Gasteiger partial charge in [0.05, 0.1) is 12.1 Å². The molecule has 1 aliphatic carbocycles. The lowest BCUT2D eigenvalue weighted by molar-refractivity contribution is 0.0130. The fourth-order valence-corrected chi connectivity index (χ4v) is 3.36. The van der Waals surface area contributed by atoms with Crippen molar-refractivity contribution in [1.82, 2.24) is 9.88 Å². The summed E-state index contributed by atoms with van der Waals surface area (Å²) >= 11 is 0. The summed E-state index contributed by atoms with van der Waals surface area (Å²) in [6.07, 6.45) is 4.14. The van der Waals surface area contributed by atoms with Gasteiger partial charge in [-0.15, -0.1) is 0 Å². The molecule has 1 saturated carbocycles. The van der Waals surface area contributed by atoms with Crippen molar-refractivity contribution in [1.29, 1.82) is 0 Å². The summed E-state index contributed by atoms with van der Waals surface area (Å²) in [5.74, 6) is 1.09. The standard InChI is InChI=1S/C16H22N2O2/c1-11(2)10-20-15-12-6-7-14(15)18(9-12)16(19)13-5-3-4-8-17-13/h3-5,8,11-12,14-15H,6-7,9-10H2,1-2H3/t12-,14+,15+/m0/s1. The van der Waals surface area contributed by atoms with Gasteiger partial charge in [0.2, 0.25) is 0 Å². The van der Waals surface area contributed by atoms with Crippen LogP contribution in [0.1, 0.15) is 37.2 Å². The van der Waals surface area contributed by atoms with Gasteiger partial charge in [-0.25, -0.2) is 0 Å². The molecule has 1 amide bonds. The van der Waals surface area contributed by atoms with Crippen molar-refractivity contribution in [2.45, 2.75) is 38.8 Å². The van der Waals surface area contributed by atoms with Gasteiger partial charge in [0, 0.05) is 25.3 Å². The highest BCUT2D eigenvalue weighted by Crippen LogP contribution is 2.40. The smallest absolute Gasteiger partial charge is 0.272 e. The summed E-state index contributed by atoms with van der Waals surface area (Å²) in [5.41, 5.74) is 0.544. The Morgan fingerprint density at radius 1 is 1.45 bits per heavy atom. The van der Waals surface area contributed by atoms with Crippen LogP contribution in [0.25, 0.3) is 0 Å². The summed E-state index contributed by atoms with van der Waals surface area (Å²) in [7, 11) is 0. The average molecular weight is 274 g/mol. The molecule has 1 aromatic rings. The van der Waals surface area contributed by atoms with Gasteiger partial charge in [0.1, 0.15) is 5.69 Å². The van der Waals surface area contributed by atoms with Gasteiger partial charge in [0.25, 0.3) is 5.91 Å². The minimum atomic E-state index is 0.0518. The molecular formula is C16H22N2O2. The van der Waals surface area contributed by atoms with E-state index in [9.17, 15) is 4.79 Å². The maximum absolute atomic E-state index is 12.5. The predicted molar refractivity (Wildman–Crippen MR) is 76.4 cm³/mol. The Hall–Kier alpha value is -1.42. The van der Waals surface area contributed by atoms with E-state index in [0.29, 0.717) is 17.5 Å². The van der Waals surface area contributed by atoms with Crippen molar-refractivity contribution in [3.63, 3.8) is 0 Å². The molecule has 1 aromatic heterocycles. The van der Waals surface area contributed by atoms with E-state index in [1.54, 1.807) is 12.3 Å². The number of nitrogens with zero attached hydrogens (tertiary/aromatic N) is 2. The Kier molecular flexibility index (Phi) is 3.74. The van der Waals surface area contributed by atoms with Crippen molar-refractivity contribution < 1.29 is 9.53 Å². The van der Waals surface area contributed by atoms with E-state index >= 15 is 0 Å². The molecule has 2 heterocycles. The Morgan fingerprint density at radius 3 is 3.00 bits per heavy atom. The number of likely N-dealkylation sites (tertiary alicyclic amines) is 1. The lowest BCUT2D eigenvalue weighted by Gasteiger charge is -2.27. The quantitative estimate of drug-likeness (QED) is 0.846. The van der Waals surface area contributed by atoms with Crippen molar-refractivity contribution >= 4 is 5.91 Å². The van der Waals surface area contributed by atoms with Gasteiger partial charge in [-0.1, -0.05) is 19.9 Å². The molecule has 0 radical (unpaired) electrons. The SMILES string of the molecule is CC(C)CO[C@@H]1[C@H]2CC[C@H]1N(C(=O)c1ccccn1)C2. The number of piperidine rings is 1. The highest BCUT2D eigenvalue weighted by atomic mass is 16.5. The Bertz CT molecular complexity index is 475. The summed E-state index contributed by atoms with van der Waals surface area (Å²) in [6, 6.07) is 5.73. The largest absolute Gasteiger partial charge is 0.375 e. The molecule has 2 bridgehead atoms. The first-order chi connectivity index (χ1) is 9.66. The third-order valence-corrected chi connectivity index (χ3v) is 4.28. The highest BCUT2D eigenvalue weighted by molar-refractivity contribution is 5.92. The van der Waals surface area contributed by atoms with E-state index in [1.807, 2.05) is 17.0 Å². The van der Waals surface area contributed by atoms with Gasteiger partial charge in [-0.05, 0) is 30.9 Å². The number of fused-ring (bicyclic) bond motifs is 2. The van der Waals surface area contributed by atoms with Gasteiger partial charge >= 0.3 is 0 Å². The third kappa shape index (κ3) is 2.44. The number of ether oxygens (including phenoxy) is 1. The number of aromatic nitrogens is 1. The molecule has 3 rings (SSSR count). The molecule has 2 fully saturated rings. The van der Waals surface area contributed by atoms with E-state index in [0.717, 1.165) is 19.6 Å². The monoisotopic (exact) mass is 274 g/mol. The molecule has 0 unspecified atom stereocenters. The number of pyridine rings is 1. The second kappa shape index (κ2) is 5.52. The fourth-order valence-electron chi connectivity index (χ4n) is 3.36. The van der Waals surface area contributed by atoms with Crippen LogP contribution < -0.4 is 0 Å². The van der Waals surface area contributed by atoms with Crippen molar-refractivity contribution in [2.24, 2.45) is 11.8 Å². The maximum atomic E-state index is 12.5. The number of carbonyl (C=O) groups excluding carboxylic acids is 1. The van der Waals surface area contributed by atoms with Gasteiger partial charge in [0.15, 0.2) is 0 Å². The molecule has 0 aromatic carbocycles. The Balaban J connectivity index is 1.70.